The molecule has 5 N–H and O–H groups in total. The molecule has 1 aliphatic carbocycles. The number of carbonyl (C=O) groups excluding carboxylic acids is 1. The van der Waals surface area contributed by atoms with Crippen LogP contribution in [-0.2, 0) is 4.79 Å². The van der Waals surface area contributed by atoms with Crippen molar-refractivity contribution in [3.05, 3.63) is 0 Å². The van der Waals surface area contributed by atoms with E-state index < -0.39 is 5.41 Å². The highest BCUT2D eigenvalue weighted by atomic mass is 16.1. The van der Waals surface area contributed by atoms with Crippen molar-refractivity contribution in [2.45, 2.75) is 45.6 Å². The molecule has 0 spiro atoms. The Hall–Kier alpha value is -0.610. The summed E-state index contributed by atoms with van der Waals surface area (Å²) >= 11 is 0. The van der Waals surface area contributed by atoms with E-state index in [2.05, 4.69) is 5.32 Å². The van der Waals surface area contributed by atoms with E-state index in [9.17, 15) is 4.79 Å². The van der Waals surface area contributed by atoms with E-state index in [1.54, 1.807) is 0 Å². The zero-order valence-electron chi connectivity index (χ0n) is 10.5. The zero-order valence-corrected chi connectivity index (χ0v) is 10.5. The van der Waals surface area contributed by atoms with Gasteiger partial charge >= 0.3 is 0 Å². The Labute approximate surface area is 98.1 Å². The predicted molar refractivity (Wildman–Crippen MR) is 65.8 cm³/mol. The van der Waals surface area contributed by atoms with Crippen molar-refractivity contribution in [2.24, 2.45) is 22.8 Å². The molecule has 4 nitrogen and oxygen atoms in total. The Morgan fingerprint density at radius 1 is 1.38 bits per heavy atom. The fourth-order valence-corrected chi connectivity index (χ4v) is 2.23. The van der Waals surface area contributed by atoms with Gasteiger partial charge in [-0.3, -0.25) is 4.79 Å². The van der Waals surface area contributed by atoms with Gasteiger partial charge in [-0.15, -0.1) is 0 Å². The maximum Gasteiger partial charge on any atom is 0.224 e. The average Bonchev–Trinajstić information content (AvgIpc) is 2.26. The van der Waals surface area contributed by atoms with Gasteiger partial charge in [-0.05, 0) is 39.2 Å². The molecule has 2 atom stereocenters. The molecule has 0 heterocycles. The lowest BCUT2D eigenvalue weighted by Gasteiger charge is -2.34. The Balaban J connectivity index is 2.43. The first kappa shape index (κ1) is 13.5. The van der Waals surface area contributed by atoms with Crippen LogP contribution in [0.2, 0.25) is 0 Å². The summed E-state index contributed by atoms with van der Waals surface area (Å²) in [5, 5.41) is 3.46. The molecule has 0 saturated heterocycles. The lowest BCUT2D eigenvalue weighted by atomic mass is 9.83. The summed E-state index contributed by atoms with van der Waals surface area (Å²) in [6.45, 7) is 5.13. The Kier molecular flexibility index (Phi) is 4.74. The molecule has 2 unspecified atom stereocenters. The Morgan fingerprint density at radius 2 is 2.00 bits per heavy atom. The van der Waals surface area contributed by atoms with Crippen molar-refractivity contribution < 1.29 is 4.79 Å². The minimum atomic E-state index is -0.476. The second-order valence-corrected chi connectivity index (χ2v) is 5.52. The van der Waals surface area contributed by atoms with Gasteiger partial charge in [0, 0.05) is 12.6 Å². The van der Waals surface area contributed by atoms with Crippen LogP contribution in [0.15, 0.2) is 0 Å². The molecular weight excluding hydrogens is 202 g/mol. The SMILES string of the molecule is CC(C)(CNC1CCCCC1CN)C(N)=O. The second-order valence-electron chi connectivity index (χ2n) is 5.52. The van der Waals surface area contributed by atoms with Crippen LogP contribution in [0.25, 0.3) is 0 Å². The van der Waals surface area contributed by atoms with Crippen molar-refractivity contribution >= 4 is 5.91 Å². The van der Waals surface area contributed by atoms with Gasteiger partial charge in [0.15, 0.2) is 0 Å². The van der Waals surface area contributed by atoms with E-state index in [-0.39, 0.29) is 5.91 Å². The largest absolute Gasteiger partial charge is 0.369 e. The lowest BCUT2D eigenvalue weighted by molar-refractivity contribution is -0.125. The minimum Gasteiger partial charge on any atom is -0.369 e. The molecule has 0 aliphatic heterocycles. The smallest absolute Gasteiger partial charge is 0.224 e. The second kappa shape index (κ2) is 5.64. The number of nitrogens with one attached hydrogen (secondary N) is 1. The number of hydrogen-bond donors (Lipinski definition) is 3. The average molecular weight is 227 g/mol. The normalized spacial score (nSPS) is 26.7. The highest BCUT2D eigenvalue weighted by Crippen LogP contribution is 2.24. The van der Waals surface area contributed by atoms with Crippen LogP contribution in [0.5, 0.6) is 0 Å². The maximum atomic E-state index is 11.2. The molecule has 0 aromatic rings. The zero-order chi connectivity index (χ0) is 12.2. The number of amides is 1. The number of hydrogen-bond acceptors (Lipinski definition) is 3. The van der Waals surface area contributed by atoms with Crippen LogP contribution in [-0.4, -0.2) is 25.0 Å². The minimum absolute atomic E-state index is 0.250. The summed E-state index contributed by atoms with van der Waals surface area (Å²) in [4.78, 5) is 11.2. The molecular formula is C12H25N3O. The molecule has 1 amide bonds. The summed E-state index contributed by atoms with van der Waals surface area (Å²) in [6, 6.07) is 0.456. The third-order valence-corrected chi connectivity index (χ3v) is 3.69. The first-order chi connectivity index (χ1) is 7.47. The van der Waals surface area contributed by atoms with E-state index in [0.29, 0.717) is 18.5 Å². The number of primary amides is 1. The summed E-state index contributed by atoms with van der Waals surface area (Å²) in [6.07, 6.45) is 4.90. The molecule has 1 fully saturated rings. The first-order valence-corrected chi connectivity index (χ1v) is 6.20. The van der Waals surface area contributed by atoms with Crippen molar-refractivity contribution in [1.29, 1.82) is 0 Å². The highest BCUT2D eigenvalue weighted by molar-refractivity contribution is 5.80. The van der Waals surface area contributed by atoms with Crippen LogP contribution in [0.1, 0.15) is 39.5 Å². The van der Waals surface area contributed by atoms with Gasteiger partial charge in [0.05, 0.1) is 5.41 Å². The molecule has 0 aromatic heterocycles. The molecule has 0 aromatic carbocycles. The molecule has 1 rings (SSSR count). The van der Waals surface area contributed by atoms with Crippen molar-refractivity contribution in [1.82, 2.24) is 5.32 Å². The predicted octanol–water partition coefficient (Wildman–Crippen LogP) is 0.605. The number of carbonyl (C=O) groups is 1. The van der Waals surface area contributed by atoms with Crippen LogP contribution in [0.4, 0.5) is 0 Å². The van der Waals surface area contributed by atoms with Crippen LogP contribution >= 0.6 is 0 Å². The Morgan fingerprint density at radius 3 is 2.56 bits per heavy atom. The molecule has 16 heavy (non-hydrogen) atoms. The van der Waals surface area contributed by atoms with E-state index in [1.807, 2.05) is 13.8 Å². The lowest BCUT2D eigenvalue weighted by Crippen LogP contribution is -2.48. The van der Waals surface area contributed by atoms with Crippen molar-refractivity contribution in [3.63, 3.8) is 0 Å². The summed E-state index contributed by atoms with van der Waals surface area (Å²) in [5.74, 6) is 0.303. The molecule has 0 bridgehead atoms. The molecule has 4 heteroatoms. The third kappa shape index (κ3) is 3.46. The molecule has 94 valence electrons. The van der Waals surface area contributed by atoms with Gasteiger partial charge in [0.25, 0.3) is 0 Å². The van der Waals surface area contributed by atoms with Crippen molar-refractivity contribution in [2.75, 3.05) is 13.1 Å². The van der Waals surface area contributed by atoms with E-state index in [0.717, 1.165) is 13.0 Å². The maximum absolute atomic E-state index is 11.2. The number of nitrogens with two attached hydrogens (primary N) is 2. The standard InChI is InChI=1S/C12H25N3O/c1-12(2,11(14)16)8-15-10-6-4-3-5-9(10)7-13/h9-10,15H,3-8,13H2,1-2H3,(H2,14,16). The van der Waals surface area contributed by atoms with Gasteiger partial charge in [-0.1, -0.05) is 12.8 Å². The fraction of sp³-hybridized carbons (Fsp3) is 0.917. The molecule has 0 radical (unpaired) electrons. The summed E-state index contributed by atoms with van der Waals surface area (Å²) < 4.78 is 0. The quantitative estimate of drug-likeness (QED) is 0.643. The van der Waals surface area contributed by atoms with E-state index >= 15 is 0 Å². The topological polar surface area (TPSA) is 81.1 Å². The first-order valence-electron chi connectivity index (χ1n) is 6.20. The molecule has 1 aliphatic rings. The van der Waals surface area contributed by atoms with Gasteiger partial charge in [-0.25, -0.2) is 0 Å². The number of rotatable bonds is 5. The fourth-order valence-electron chi connectivity index (χ4n) is 2.23. The summed E-state index contributed by atoms with van der Waals surface area (Å²) in [7, 11) is 0. The van der Waals surface area contributed by atoms with E-state index in [4.69, 9.17) is 11.5 Å². The van der Waals surface area contributed by atoms with Gasteiger partial charge in [0.1, 0.15) is 0 Å². The van der Waals surface area contributed by atoms with Crippen LogP contribution in [0.3, 0.4) is 0 Å². The van der Waals surface area contributed by atoms with Gasteiger partial charge in [-0.2, -0.15) is 0 Å². The van der Waals surface area contributed by atoms with E-state index in [1.165, 1.54) is 19.3 Å². The summed E-state index contributed by atoms with van der Waals surface area (Å²) in [5.41, 5.74) is 10.6. The highest BCUT2D eigenvalue weighted by Gasteiger charge is 2.29. The van der Waals surface area contributed by atoms with Crippen LogP contribution < -0.4 is 16.8 Å². The Bertz CT molecular complexity index is 240. The van der Waals surface area contributed by atoms with Gasteiger partial charge in [0.2, 0.25) is 5.91 Å². The monoisotopic (exact) mass is 227 g/mol. The van der Waals surface area contributed by atoms with Gasteiger partial charge < -0.3 is 16.8 Å². The van der Waals surface area contributed by atoms with Crippen molar-refractivity contribution in [3.8, 4) is 0 Å². The van der Waals surface area contributed by atoms with Crippen LogP contribution in [0, 0.1) is 11.3 Å². The molecule has 1 saturated carbocycles. The third-order valence-electron chi connectivity index (χ3n) is 3.69.